The molecule has 1 N–H and O–H groups in total. The number of hydrogen-bond donors (Lipinski definition) is 1. The predicted octanol–water partition coefficient (Wildman–Crippen LogP) is 2.70. The molecule has 0 aliphatic heterocycles. The molecule has 122 valence electrons. The molecular formula is C16H18ClN3O3. The summed E-state index contributed by atoms with van der Waals surface area (Å²) >= 11 is 5.84. The highest BCUT2D eigenvalue weighted by atomic mass is 35.5. The number of carbonyl (C=O) groups excluding carboxylic acids is 1. The molecule has 1 saturated carbocycles. The molecule has 1 aliphatic rings. The first-order valence-corrected chi connectivity index (χ1v) is 8.30. The summed E-state index contributed by atoms with van der Waals surface area (Å²) in [5.74, 6) is -0.734. The number of rotatable bonds is 3. The zero-order valence-corrected chi connectivity index (χ0v) is 13.4. The van der Waals surface area contributed by atoms with Crippen LogP contribution in [-0.4, -0.2) is 16.7 Å². The Morgan fingerprint density at radius 3 is 2.70 bits per heavy atom. The van der Waals surface area contributed by atoms with E-state index in [0.717, 1.165) is 32.1 Å². The first-order chi connectivity index (χ1) is 11.1. The summed E-state index contributed by atoms with van der Waals surface area (Å²) in [6, 6.07) is 6.42. The number of aromatic nitrogens is 2. The molecule has 0 radical (unpaired) electrons. The Hall–Kier alpha value is -2.08. The van der Waals surface area contributed by atoms with Crippen molar-refractivity contribution in [2.75, 3.05) is 0 Å². The smallest absolute Gasteiger partial charge is 0.347 e. The summed E-state index contributed by atoms with van der Waals surface area (Å²) in [5.41, 5.74) is 0.130. The molecule has 1 aromatic carbocycles. The Labute approximate surface area is 138 Å². The summed E-state index contributed by atoms with van der Waals surface area (Å²) in [4.78, 5) is 25.2. The van der Waals surface area contributed by atoms with Crippen molar-refractivity contribution in [2.45, 2.75) is 44.0 Å². The average Bonchev–Trinajstić information content (AvgIpc) is 2.58. The Kier molecular flexibility index (Phi) is 4.52. The fourth-order valence-electron chi connectivity index (χ4n) is 3.13. The monoisotopic (exact) mass is 335 g/mol. The highest BCUT2D eigenvalue weighted by Gasteiger charge is 2.30. The summed E-state index contributed by atoms with van der Waals surface area (Å²) < 4.78 is 1.09. The van der Waals surface area contributed by atoms with Gasteiger partial charge in [-0.2, -0.15) is 0 Å². The molecule has 6 nitrogen and oxygen atoms in total. The first kappa shape index (κ1) is 15.8. The number of alkyl halides is 1. The molecule has 1 aliphatic carbocycles. The van der Waals surface area contributed by atoms with Crippen molar-refractivity contribution < 1.29 is 9.22 Å². The van der Waals surface area contributed by atoms with Gasteiger partial charge in [-0.25, -0.2) is 0 Å². The summed E-state index contributed by atoms with van der Waals surface area (Å²) in [5, 5.41) is 15.3. The molecule has 3 rings (SSSR count). The van der Waals surface area contributed by atoms with Crippen molar-refractivity contribution in [1.82, 2.24) is 10.0 Å². The molecule has 0 unspecified atom stereocenters. The van der Waals surface area contributed by atoms with Crippen LogP contribution in [0.25, 0.3) is 11.0 Å². The van der Waals surface area contributed by atoms with Gasteiger partial charge < -0.3 is 15.3 Å². The second-order valence-electron chi connectivity index (χ2n) is 5.81. The van der Waals surface area contributed by atoms with Crippen LogP contribution in [0, 0.1) is 10.1 Å². The molecule has 1 aromatic heterocycles. The molecule has 0 atom stereocenters. The van der Waals surface area contributed by atoms with Crippen molar-refractivity contribution in [1.29, 1.82) is 0 Å². The number of nitrogens with zero attached hydrogens (tertiary/aromatic N) is 2. The third-order valence-corrected chi connectivity index (χ3v) is 4.58. The maximum Gasteiger partial charge on any atom is 0.347 e. The van der Waals surface area contributed by atoms with E-state index >= 15 is 0 Å². The Balaban J connectivity index is 2.06. The first-order valence-electron chi connectivity index (χ1n) is 7.77. The maximum atomic E-state index is 12.6. The molecule has 23 heavy (non-hydrogen) atoms. The van der Waals surface area contributed by atoms with Gasteiger partial charge in [0.05, 0.1) is 10.3 Å². The van der Waals surface area contributed by atoms with Gasteiger partial charge in [0, 0.05) is 17.0 Å². The second-order valence-corrected chi connectivity index (χ2v) is 6.08. The van der Waals surface area contributed by atoms with Gasteiger partial charge in [-0.05, 0) is 18.9 Å². The Bertz CT molecular complexity index is 797. The van der Waals surface area contributed by atoms with E-state index in [0.29, 0.717) is 9.16 Å². The predicted molar refractivity (Wildman–Crippen MR) is 88.0 cm³/mol. The van der Waals surface area contributed by atoms with E-state index in [1.165, 1.54) is 12.1 Å². The Morgan fingerprint density at radius 1 is 1.30 bits per heavy atom. The van der Waals surface area contributed by atoms with Crippen LogP contribution in [0.1, 0.15) is 48.3 Å². The topological polar surface area (TPSA) is 80.1 Å². The Morgan fingerprint density at radius 2 is 2.00 bits per heavy atom. The molecule has 0 saturated heterocycles. The van der Waals surface area contributed by atoms with Crippen molar-refractivity contribution in [2.24, 2.45) is 0 Å². The number of halogens is 1. The van der Waals surface area contributed by atoms with Gasteiger partial charge >= 0.3 is 11.6 Å². The lowest BCUT2D eigenvalue weighted by Crippen LogP contribution is -2.42. The average molecular weight is 336 g/mol. The number of fused-ring (bicyclic) bond motifs is 1. The second kappa shape index (κ2) is 6.58. The summed E-state index contributed by atoms with van der Waals surface area (Å²) in [6.07, 6.45) is 5.07. The molecule has 0 bridgehead atoms. The van der Waals surface area contributed by atoms with E-state index in [4.69, 9.17) is 11.6 Å². The number of amides is 1. The van der Waals surface area contributed by atoms with Gasteiger partial charge in [0.25, 0.3) is 5.52 Å². The number of benzene rings is 1. The molecule has 2 aromatic rings. The molecule has 0 spiro atoms. The summed E-state index contributed by atoms with van der Waals surface area (Å²) in [7, 11) is 0. The van der Waals surface area contributed by atoms with Crippen LogP contribution in [0.15, 0.2) is 24.3 Å². The fraction of sp³-hybridized carbons (Fsp3) is 0.438. The van der Waals surface area contributed by atoms with Crippen LogP contribution in [-0.2, 0) is 5.88 Å². The lowest BCUT2D eigenvalue weighted by molar-refractivity contribution is -0.468. The largest absolute Gasteiger partial charge is 0.805 e. The fourth-order valence-corrected chi connectivity index (χ4v) is 3.36. The quantitative estimate of drug-likeness (QED) is 0.691. The van der Waals surface area contributed by atoms with Crippen molar-refractivity contribution >= 4 is 28.5 Å². The number of para-hydroxylation sites is 2. The van der Waals surface area contributed by atoms with Crippen molar-refractivity contribution in [3.05, 3.63) is 45.8 Å². The number of carbonyl (C=O) groups is 1. The van der Waals surface area contributed by atoms with Gasteiger partial charge in [0.1, 0.15) is 11.2 Å². The minimum Gasteiger partial charge on any atom is -0.805 e. The van der Waals surface area contributed by atoms with Crippen LogP contribution in [0.5, 0.6) is 0 Å². The van der Waals surface area contributed by atoms with Gasteiger partial charge in [-0.1, -0.05) is 31.4 Å². The zero-order chi connectivity index (χ0) is 16.4. The van der Waals surface area contributed by atoms with Gasteiger partial charge in [0.15, 0.2) is 0 Å². The van der Waals surface area contributed by atoms with Crippen LogP contribution in [0.4, 0.5) is 0 Å². The third-order valence-electron chi connectivity index (χ3n) is 4.32. The molecule has 1 amide bonds. The van der Waals surface area contributed by atoms with Crippen LogP contribution >= 0.6 is 11.6 Å². The normalized spacial score (nSPS) is 15.7. The van der Waals surface area contributed by atoms with Gasteiger partial charge in [-0.3, -0.25) is 4.79 Å². The van der Waals surface area contributed by atoms with E-state index in [1.807, 2.05) is 0 Å². The standard InChI is InChI=1S/C16H18ClN3O3/c17-10-14-15(16(21)18-11-6-2-1-3-7-11)20(23)13-9-5-4-8-12(13)19(14)22/h4-5,8-9,11H,1-3,6-7,10H2,(H,18,21). The van der Waals surface area contributed by atoms with E-state index < -0.39 is 5.91 Å². The van der Waals surface area contributed by atoms with E-state index in [9.17, 15) is 14.9 Å². The number of hydrogen-bond acceptors (Lipinski definition) is 3. The maximum absolute atomic E-state index is 12.6. The van der Waals surface area contributed by atoms with E-state index in [2.05, 4.69) is 5.32 Å². The highest BCUT2D eigenvalue weighted by molar-refractivity contribution is 6.17. The van der Waals surface area contributed by atoms with Gasteiger partial charge in [0.2, 0.25) is 0 Å². The SMILES string of the molecule is O=C(NC1CCCCC1)c1c(CCl)n([O-])c2ccccc2[n+]1=O. The molecule has 1 fully saturated rings. The molecular weight excluding hydrogens is 318 g/mol. The minimum absolute atomic E-state index is 0.0197. The lowest BCUT2D eigenvalue weighted by atomic mass is 9.95. The zero-order valence-electron chi connectivity index (χ0n) is 12.6. The third kappa shape index (κ3) is 2.91. The number of nitrogens with one attached hydrogen (secondary N) is 1. The van der Waals surface area contributed by atoms with E-state index in [-0.39, 0.29) is 34.3 Å². The van der Waals surface area contributed by atoms with Gasteiger partial charge in [-0.15, -0.1) is 11.6 Å². The molecule has 1 heterocycles. The van der Waals surface area contributed by atoms with Crippen molar-refractivity contribution in [3.8, 4) is 0 Å². The lowest BCUT2D eigenvalue weighted by Gasteiger charge is -2.22. The van der Waals surface area contributed by atoms with Crippen LogP contribution in [0.2, 0.25) is 0 Å². The van der Waals surface area contributed by atoms with E-state index in [1.54, 1.807) is 12.1 Å². The molecule has 7 heteroatoms. The van der Waals surface area contributed by atoms with Crippen LogP contribution in [0.3, 0.4) is 0 Å². The highest BCUT2D eigenvalue weighted by Crippen LogP contribution is 2.19. The summed E-state index contributed by atoms with van der Waals surface area (Å²) in [6.45, 7) is 0. The van der Waals surface area contributed by atoms with Crippen LogP contribution < -0.4 is 9.74 Å². The minimum atomic E-state index is -0.530. The van der Waals surface area contributed by atoms with Crippen molar-refractivity contribution in [3.63, 3.8) is 0 Å².